The number of nitrogens with zero attached hydrogens (tertiary/aromatic N) is 1. The summed E-state index contributed by atoms with van der Waals surface area (Å²) >= 11 is 6.57. The molecule has 0 fully saturated rings. The van der Waals surface area contributed by atoms with Crippen LogP contribution in [-0.2, 0) is 6.61 Å². The van der Waals surface area contributed by atoms with Crippen LogP contribution < -0.4 is 14.8 Å². The van der Waals surface area contributed by atoms with Crippen molar-refractivity contribution in [2.45, 2.75) is 25.0 Å². The minimum absolute atomic E-state index is 0.273. The van der Waals surface area contributed by atoms with Crippen LogP contribution in [0.2, 0.25) is 5.02 Å². The molecule has 4 nitrogen and oxygen atoms in total. The smallest absolute Gasteiger partial charge is 0.180 e. The average Bonchev–Trinajstić information content (AvgIpc) is 3.46. The van der Waals surface area contributed by atoms with Crippen LogP contribution in [0.3, 0.4) is 0 Å². The van der Waals surface area contributed by atoms with E-state index in [9.17, 15) is 0 Å². The van der Waals surface area contributed by atoms with Gasteiger partial charge in [-0.2, -0.15) is 0 Å². The molecule has 3 atom stereocenters. The number of hydrogen-bond acceptors (Lipinski definition) is 4. The summed E-state index contributed by atoms with van der Waals surface area (Å²) in [4.78, 5) is 4.69. The van der Waals surface area contributed by atoms with Crippen molar-refractivity contribution < 1.29 is 9.47 Å². The van der Waals surface area contributed by atoms with Crippen molar-refractivity contribution in [3.63, 3.8) is 0 Å². The van der Waals surface area contributed by atoms with Gasteiger partial charge in [-0.25, -0.2) is 0 Å². The Balaban J connectivity index is 1.17. The van der Waals surface area contributed by atoms with Gasteiger partial charge in [0.1, 0.15) is 6.61 Å². The van der Waals surface area contributed by atoms with Gasteiger partial charge < -0.3 is 14.8 Å². The van der Waals surface area contributed by atoms with Crippen molar-refractivity contribution in [2.75, 3.05) is 12.4 Å². The lowest BCUT2D eigenvalue weighted by molar-refractivity contribution is 0.284. The van der Waals surface area contributed by atoms with Crippen LogP contribution in [-0.4, -0.2) is 13.3 Å². The van der Waals surface area contributed by atoms with Gasteiger partial charge in [-0.3, -0.25) is 4.99 Å². The Morgan fingerprint density at radius 1 is 0.974 bits per heavy atom. The molecule has 38 heavy (non-hydrogen) atoms. The minimum atomic E-state index is 0.273. The molecular formula is C33H29ClN2O2. The highest BCUT2D eigenvalue weighted by molar-refractivity contribution is 6.32. The fraction of sp³-hybridized carbons (Fsp3) is 0.182. The molecule has 0 amide bonds. The fourth-order valence-electron chi connectivity index (χ4n) is 5.47. The minimum Gasteiger partial charge on any atom is -0.493 e. The van der Waals surface area contributed by atoms with E-state index >= 15 is 0 Å². The molecule has 0 bridgehead atoms. The normalized spacial score (nSPS) is 19.6. The van der Waals surface area contributed by atoms with Gasteiger partial charge >= 0.3 is 0 Å². The molecule has 6 rings (SSSR count). The van der Waals surface area contributed by atoms with Crippen LogP contribution >= 0.6 is 11.6 Å². The number of para-hydroxylation sites is 1. The zero-order valence-corrected chi connectivity index (χ0v) is 21.9. The predicted octanol–water partition coefficient (Wildman–Crippen LogP) is 8.50. The maximum absolute atomic E-state index is 6.57. The first kappa shape index (κ1) is 24.3. The van der Waals surface area contributed by atoms with Crippen LogP contribution in [0.4, 0.5) is 11.4 Å². The van der Waals surface area contributed by atoms with E-state index in [1.807, 2.05) is 42.5 Å². The van der Waals surface area contributed by atoms with E-state index in [4.69, 9.17) is 26.1 Å². The van der Waals surface area contributed by atoms with Gasteiger partial charge in [0.05, 0.1) is 23.9 Å². The molecule has 5 heteroatoms. The Hall–Kier alpha value is -4.02. The number of hydrogen-bond donors (Lipinski definition) is 1. The first-order valence-electron chi connectivity index (χ1n) is 12.9. The summed E-state index contributed by atoms with van der Waals surface area (Å²) in [5.74, 6) is 2.10. The van der Waals surface area contributed by atoms with Gasteiger partial charge in [-0.15, -0.1) is 0 Å². The third kappa shape index (κ3) is 4.92. The largest absolute Gasteiger partial charge is 0.493 e. The van der Waals surface area contributed by atoms with Crippen LogP contribution in [0.15, 0.2) is 108 Å². The molecule has 0 unspecified atom stereocenters. The van der Waals surface area contributed by atoms with Gasteiger partial charge in [0.25, 0.3) is 0 Å². The summed E-state index contributed by atoms with van der Waals surface area (Å²) < 4.78 is 11.5. The molecule has 1 aliphatic carbocycles. The number of anilines is 1. The SMILES string of the molecule is COc1cc(C=Nc2ccc([C@@H]3Nc4ccccc4[C@@H]4C=CC[C@@H]43)cc2)cc(Cl)c1OCc1ccccc1. The second kappa shape index (κ2) is 10.8. The number of aliphatic imine (C=N–C) groups is 1. The molecular weight excluding hydrogens is 492 g/mol. The van der Waals surface area contributed by atoms with E-state index in [1.54, 1.807) is 13.3 Å². The average molecular weight is 521 g/mol. The zero-order valence-electron chi connectivity index (χ0n) is 21.2. The number of methoxy groups -OCH3 is 1. The lowest BCUT2D eigenvalue weighted by Gasteiger charge is -2.37. The van der Waals surface area contributed by atoms with E-state index in [0.717, 1.165) is 23.2 Å². The van der Waals surface area contributed by atoms with E-state index in [2.05, 4.69) is 66.0 Å². The molecule has 0 spiro atoms. The summed E-state index contributed by atoms with van der Waals surface area (Å²) in [5, 5.41) is 4.27. The van der Waals surface area contributed by atoms with Crippen molar-refractivity contribution in [3.8, 4) is 11.5 Å². The van der Waals surface area contributed by atoms with Crippen molar-refractivity contribution in [1.29, 1.82) is 0 Å². The summed E-state index contributed by atoms with van der Waals surface area (Å²) in [5.41, 5.74) is 6.69. The van der Waals surface area contributed by atoms with Crippen molar-refractivity contribution >= 4 is 29.2 Å². The summed E-state index contributed by atoms with van der Waals surface area (Å²) in [6.07, 6.45) is 7.58. The molecule has 4 aromatic carbocycles. The molecule has 0 radical (unpaired) electrons. The van der Waals surface area contributed by atoms with E-state index in [0.29, 0.717) is 35.0 Å². The number of halogens is 1. The van der Waals surface area contributed by atoms with Gasteiger partial charge in [-0.05, 0) is 64.9 Å². The van der Waals surface area contributed by atoms with Crippen molar-refractivity contribution in [2.24, 2.45) is 10.9 Å². The second-order valence-corrected chi connectivity index (χ2v) is 10.1. The third-order valence-electron chi connectivity index (χ3n) is 7.36. The number of benzene rings is 4. The second-order valence-electron chi connectivity index (χ2n) is 9.72. The summed E-state index contributed by atoms with van der Waals surface area (Å²) in [7, 11) is 1.61. The zero-order chi connectivity index (χ0) is 25.9. The highest BCUT2D eigenvalue weighted by Crippen LogP contribution is 2.49. The maximum atomic E-state index is 6.57. The van der Waals surface area contributed by atoms with E-state index in [-0.39, 0.29) is 6.04 Å². The highest BCUT2D eigenvalue weighted by atomic mass is 35.5. The maximum Gasteiger partial charge on any atom is 0.180 e. The number of nitrogens with one attached hydrogen (secondary N) is 1. The number of ether oxygens (including phenoxy) is 2. The van der Waals surface area contributed by atoms with Crippen molar-refractivity contribution in [3.05, 3.63) is 130 Å². The fourth-order valence-corrected chi connectivity index (χ4v) is 5.75. The van der Waals surface area contributed by atoms with Gasteiger partial charge in [-0.1, -0.05) is 84.4 Å². The Kier molecular flexibility index (Phi) is 6.89. The summed E-state index contributed by atoms with van der Waals surface area (Å²) in [6, 6.07) is 31.1. The molecule has 190 valence electrons. The molecule has 1 N–H and O–H groups in total. The van der Waals surface area contributed by atoms with Crippen LogP contribution in [0.25, 0.3) is 0 Å². The molecule has 1 aliphatic heterocycles. The lowest BCUT2D eigenvalue weighted by Crippen LogP contribution is -2.28. The van der Waals surface area contributed by atoms with Gasteiger partial charge in [0, 0.05) is 17.8 Å². The Labute approximate surface area is 228 Å². The highest BCUT2D eigenvalue weighted by Gasteiger charge is 2.37. The first-order chi connectivity index (χ1) is 18.7. The van der Waals surface area contributed by atoms with Crippen molar-refractivity contribution in [1.82, 2.24) is 0 Å². The lowest BCUT2D eigenvalue weighted by atomic mass is 9.77. The standard InChI is InChI=1S/C33H29ClN2O2/c1-37-31-19-23(18-29(34)33(31)38-21-22-8-3-2-4-9-22)20-35-25-16-14-24(15-17-25)32-28-12-7-11-26(28)27-10-5-6-13-30(27)36-32/h2-11,13-20,26,28,32,36H,12,21H2,1H3/t26-,28-,32-/m0/s1. The Bertz CT molecular complexity index is 1480. The van der Waals surface area contributed by atoms with Gasteiger partial charge in [0.2, 0.25) is 0 Å². The Morgan fingerprint density at radius 3 is 2.58 bits per heavy atom. The molecule has 0 aromatic heterocycles. The van der Waals surface area contributed by atoms with Gasteiger partial charge in [0.15, 0.2) is 11.5 Å². The molecule has 4 aromatic rings. The quantitative estimate of drug-likeness (QED) is 0.196. The van der Waals surface area contributed by atoms with Crippen LogP contribution in [0.1, 0.15) is 40.6 Å². The van der Waals surface area contributed by atoms with E-state index in [1.165, 1.54) is 16.8 Å². The third-order valence-corrected chi connectivity index (χ3v) is 7.65. The molecule has 2 aliphatic rings. The molecule has 0 saturated carbocycles. The van der Waals surface area contributed by atoms with E-state index < -0.39 is 0 Å². The monoisotopic (exact) mass is 520 g/mol. The Morgan fingerprint density at radius 2 is 1.76 bits per heavy atom. The first-order valence-corrected chi connectivity index (χ1v) is 13.3. The molecule has 0 saturated heterocycles. The predicted molar refractivity (Wildman–Crippen MR) is 155 cm³/mol. The topological polar surface area (TPSA) is 42.8 Å². The number of allylic oxidation sites excluding steroid dienone is 2. The van der Waals surface area contributed by atoms with Crippen LogP contribution in [0, 0.1) is 5.92 Å². The molecule has 1 heterocycles. The number of rotatable bonds is 7. The summed E-state index contributed by atoms with van der Waals surface area (Å²) in [6.45, 7) is 0.413. The number of fused-ring (bicyclic) bond motifs is 3. The van der Waals surface area contributed by atoms with Crippen LogP contribution in [0.5, 0.6) is 11.5 Å².